The molecule has 2 aromatic rings. The number of hydrogen-bond acceptors (Lipinski definition) is 3. The fourth-order valence-corrected chi connectivity index (χ4v) is 4.13. The van der Waals surface area contributed by atoms with Crippen LogP contribution in [0.3, 0.4) is 0 Å². The number of nitrogens with zero attached hydrogens (tertiary/aromatic N) is 1. The maximum atomic E-state index is 13.8. The van der Waals surface area contributed by atoms with Crippen LogP contribution in [-0.2, 0) is 24.2 Å². The first kappa shape index (κ1) is 17.7. The predicted octanol–water partition coefficient (Wildman–Crippen LogP) is 2.85. The van der Waals surface area contributed by atoms with E-state index in [-0.39, 0.29) is 23.4 Å². The minimum Gasteiger partial charge on any atom is -0.356 e. The summed E-state index contributed by atoms with van der Waals surface area (Å²) >= 11 is 0. The van der Waals surface area contributed by atoms with Crippen LogP contribution in [-0.4, -0.2) is 28.6 Å². The summed E-state index contributed by atoms with van der Waals surface area (Å²) in [5.74, 6) is -0.964. The molecule has 0 unspecified atom stereocenters. The molecule has 0 radical (unpaired) electrons. The molecule has 1 spiro atoms. The highest BCUT2D eigenvalue weighted by atomic mass is 19.1. The molecule has 2 aliphatic rings. The van der Waals surface area contributed by atoms with Crippen molar-refractivity contribution in [3.63, 3.8) is 0 Å². The van der Waals surface area contributed by atoms with Gasteiger partial charge in [-0.15, -0.1) is 0 Å². The smallest absolute Gasteiger partial charge is 0.277 e. The topological polar surface area (TPSA) is 69.6 Å². The molecule has 1 heterocycles. The van der Waals surface area contributed by atoms with Crippen LogP contribution in [0.1, 0.15) is 39.9 Å². The SMILES string of the molecule is O=C(c1ccc2c(c1)C[C@@]1(CCNC1=O)CC2)N(O)Cc1ccccc1F. The van der Waals surface area contributed by atoms with Crippen molar-refractivity contribution in [3.8, 4) is 0 Å². The lowest BCUT2D eigenvalue weighted by Gasteiger charge is -2.32. The van der Waals surface area contributed by atoms with E-state index in [2.05, 4.69) is 5.32 Å². The molecule has 1 aliphatic carbocycles. The van der Waals surface area contributed by atoms with Crippen molar-refractivity contribution in [1.29, 1.82) is 0 Å². The highest BCUT2D eigenvalue weighted by Gasteiger charge is 2.44. The van der Waals surface area contributed by atoms with Crippen LogP contribution in [0.15, 0.2) is 42.5 Å². The highest BCUT2D eigenvalue weighted by molar-refractivity contribution is 5.94. The van der Waals surface area contributed by atoms with E-state index in [1.807, 2.05) is 6.07 Å². The van der Waals surface area contributed by atoms with Gasteiger partial charge in [0, 0.05) is 17.7 Å². The van der Waals surface area contributed by atoms with Crippen molar-refractivity contribution >= 4 is 11.8 Å². The lowest BCUT2D eigenvalue weighted by molar-refractivity contribution is -0.128. The van der Waals surface area contributed by atoms with E-state index in [9.17, 15) is 19.2 Å². The van der Waals surface area contributed by atoms with Gasteiger partial charge in [-0.25, -0.2) is 9.45 Å². The minimum atomic E-state index is -0.587. The van der Waals surface area contributed by atoms with E-state index < -0.39 is 11.7 Å². The van der Waals surface area contributed by atoms with Gasteiger partial charge < -0.3 is 5.32 Å². The number of fused-ring (bicyclic) bond motifs is 1. The standard InChI is InChI=1S/C21H21FN2O3/c22-18-4-2-1-3-16(18)13-24(27)19(25)15-6-5-14-7-8-21(12-17(14)11-15)9-10-23-20(21)26/h1-6,11,27H,7-10,12-13H2,(H,23,26)/t21-/m0/s1. The molecule has 2 aromatic carbocycles. The third-order valence-corrected chi connectivity index (χ3v) is 5.74. The highest BCUT2D eigenvalue weighted by Crippen LogP contribution is 2.41. The van der Waals surface area contributed by atoms with Gasteiger partial charge in [-0.05, 0) is 55.0 Å². The molecule has 5 nitrogen and oxygen atoms in total. The van der Waals surface area contributed by atoms with Crippen molar-refractivity contribution in [2.75, 3.05) is 6.54 Å². The molecule has 27 heavy (non-hydrogen) atoms. The van der Waals surface area contributed by atoms with Crippen LogP contribution >= 0.6 is 0 Å². The average Bonchev–Trinajstić information content (AvgIpc) is 3.02. The number of aryl methyl sites for hydroxylation is 1. The van der Waals surface area contributed by atoms with Crippen molar-refractivity contribution in [2.24, 2.45) is 5.41 Å². The van der Waals surface area contributed by atoms with Crippen molar-refractivity contribution in [1.82, 2.24) is 10.4 Å². The Morgan fingerprint density at radius 1 is 1.19 bits per heavy atom. The van der Waals surface area contributed by atoms with E-state index in [4.69, 9.17) is 0 Å². The molecule has 0 saturated carbocycles. The van der Waals surface area contributed by atoms with Gasteiger partial charge in [-0.3, -0.25) is 14.8 Å². The molecule has 0 bridgehead atoms. The fraction of sp³-hybridized carbons (Fsp3) is 0.333. The number of nitrogens with one attached hydrogen (secondary N) is 1. The van der Waals surface area contributed by atoms with Gasteiger partial charge in [0.25, 0.3) is 5.91 Å². The number of halogens is 1. The second kappa shape index (κ2) is 6.78. The summed E-state index contributed by atoms with van der Waals surface area (Å²) in [6.07, 6.45) is 3.03. The molecule has 1 saturated heterocycles. The molecule has 6 heteroatoms. The maximum absolute atomic E-state index is 13.8. The molecule has 0 aromatic heterocycles. The summed E-state index contributed by atoms with van der Waals surface area (Å²) < 4.78 is 13.8. The fourth-order valence-electron chi connectivity index (χ4n) is 4.13. The van der Waals surface area contributed by atoms with Gasteiger partial charge >= 0.3 is 0 Å². The Bertz CT molecular complexity index is 914. The van der Waals surface area contributed by atoms with Gasteiger partial charge in [-0.2, -0.15) is 0 Å². The van der Waals surface area contributed by atoms with E-state index in [1.165, 1.54) is 12.1 Å². The van der Waals surface area contributed by atoms with E-state index >= 15 is 0 Å². The van der Waals surface area contributed by atoms with Gasteiger partial charge in [0.1, 0.15) is 5.82 Å². The Hall–Kier alpha value is -2.73. The summed E-state index contributed by atoms with van der Waals surface area (Å²) in [4.78, 5) is 24.9. The molecule has 1 fully saturated rings. The molecule has 4 rings (SSSR count). The van der Waals surface area contributed by atoms with Crippen LogP contribution in [0.5, 0.6) is 0 Å². The minimum absolute atomic E-state index is 0.0909. The summed E-state index contributed by atoms with van der Waals surface area (Å²) in [5, 5.41) is 13.6. The number of carbonyl (C=O) groups is 2. The Labute approximate surface area is 156 Å². The Balaban J connectivity index is 1.55. The first-order valence-corrected chi connectivity index (χ1v) is 9.13. The number of amides is 2. The number of carbonyl (C=O) groups excluding carboxylic acids is 2. The Morgan fingerprint density at radius 2 is 2.00 bits per heavy atom. The molecular formula is C21H21FN2O3. The first-order valence-electron chi connectivity index (χ1n) is 9.13. The van der Waals surface area contributed by atoms with Crippen LogP contribution in [0.2, 0.25) is 0 Å². The van der Waals surface area contributed by atoms with Gasteiger partial charge in [0.2, 0.25) is 5.91 Å². The summed E-state index contributed by atoms with van der Waals surface area (Å²) in [6.45, 7) is 0.467. The number of benzene rings is 2. The van der Waals surface area contributed by atoms with Gasteiger partial charge in [0.15, 0.2) is 0 Å². The largest absolute Gasteiger partial charge is 0.356 e. The van der Waals surface area contributed by atoms with Gasteiger partial charge in [0.05, 0.1) is 12.0 Å². The molecule has 2 N–H and O–H groups in total. The van der Waals surface area contributed by atoms with E-state index in [0.717, 1.165) is 30.4 Å². The Morgan fingerprint density at radius 3 is 2.74 bits per heavy atom. The average molecular weight is 368 g/mol. The number of hydroxylamine groups is 2. The van der Waals surface area contributed by atoms with Crippen LogP contribution in [0, 0.1) is 11.2 Å². The van der Waals surface area contributed by atoms with E-state index in [1.54, 1.807) is 24.3 Å². The summed E-state index contributed by atoms with van der Waals surface area (Å²) in [6, 6.07) is 11.4. The normalized spacial score (nSPS) is 21.0. The molecule has 1 aliphatic heterocycles. The van der Waals surface area contributed by atoms with Crippen molar-refractivity contribution < 1.29 is 19.2 Å². The van der Waals surface area contributed by atoms with Gasteiger partial charge in [-0.1, -0.05) is 24.3 Å². The second-order valence-corrected chi connectivity index (χ2v) is 7.40. The monoisotopic (exact) mass is 368 g/mol. The van der Waals surface area contributed by atoms with E-state index in [0.29, 0.717) is 23.6 Å². The zero-order valence-electron chi connectivity index (χ0n) is 14.9. The lowest BCUT2D eigenvalue weighted by Crippen LogP contribution is -2.36. The number of rotatable bonds is 3. The van der Waals surface area contributed by atoms with Crippen LogP contribution in [0.4, 0.5) is 4.39 Å². The van der Waals surface area contributed by atoms with Crippen LogP contribution in [0.25, 0.3) is 0 Å². The molecule has 1 atom stereocenters. The third kappa shape index (κ3) is 3.21. The first-order chi connectivity index (χ1) is 13.0. The van der Waals surface area contributed by atoms with Crippen LogP contribution < -0.4 is 5.32 Å². The number of hydrogen-bond donors (Lipinski definition) is 2. The predicted molar refractivity (Wildman–Crippen MR) is 96.6 cm³/mol. The summed E-state index contributed by atoms with van der Waals surface area (Å²) in [7, 11) is 0. The molecule has 140 valence electrons. The van der Waals surface area contributed by atoms with Crippen molar-refractivity contribution in [2.45, 2.75) is 32.2 Å². The van der Waals surface area contributed by atoms with Crippen molar-refractivity contribution in [3.05, 3.63) is 70.5 Å². The zero-order valence-corrected chi connectivity index (χ0v) is 14.9. The zero-order chi connectivity index (χ0) is 19.0. The second-order valence-electron chi connectivity index (χ2n) is 7.40. The lowest BCUT2D eigenvalue weighted by atomic mass is 9.70. The quantitative estimate of drug-likeness (QED) is 0.647. The summed E-state index contributed by atoms with van der Waals surface area (Å²) in [5.41, 5.74) is 2.32. The third-order valence-electron chi connectivity index (χ3n) is 5.74. The molecule has 2 amide bonds. The maximum Gasteiger partial charge on any atom is 0.277 e. The molecular weight excluding hydrogens is 347 g/mol. The Kier molecular flexibility index (Phi) is 4.44.